The second-order valence-corrected chi connectivity index (χ2v) is 5.23. The van der Waals surface area contributed by atoms with Crippen LogP contribution in [0.15, 0.2) is 66.9 Å². The number of halogens is 4. The van der Waals surface area contributed by atoms with E-state index >= 15 is 0 Å². The fourth-order valence-electron chi connectivity index (χ4n) is 2.44. The lowest BCUT2D eigenvalue weighted by molar-refractivity contribution is -0.137. The topological polar surface area (TPSA) is 4.93 Å². The zero-order valence-electron chi connectivity index (χ0n) is 12.0. The van der Waals surface area contributed by atoms with Crippen molar-refractivity contribution in [2.24, 2.45) is 0 Å². The van der Waals surface area contributed by atoms with E-state index in [1.807, 2.05) is 30.3 Å². The third kappa shape index (κ3) is 3.44. The summed E-state index contributed by atoms with van der Waals surface area (Å²) in [6.45, 7) is 0.309. The van der Waals surface area contributed by atoms with Crippen molar-refractivity contribution in [3.63, 3.8) is 0 Å². The van der Waals surface area contributed by atoms with Crippen molar-refractivity contribution < 1.29 is 17.6 Å². The molecule has 3 aromatic rings. The zero-order chi connectivity index (χ0) is 16.4. The van der Waals surface area contributed by atoms with Crippen molar-refractivity contribution in [2.45, 2.75) is 12.7 Å². The largest absolute Gasteiger partial charge is 0.417 e. The maximum absolute atomic E-state index is 13.1. The Morgan fingerprint density at radius 1 is 0.870 bits per heavy atom. The van der Waals surface area contributed by atoms with E-state index in [-0.39, 0.29) is 0 Å². The maximum Gasteiger partial charge on any atom is 0.417 e. The lowest BCUT2D eigenvalue weighted by Gasteiger charge is -2.09. The van der Waals surface area contributed by atoms with Crippen LogP contribution in [0.1, 0.15) is 11.1 Å². The van der Waals surface area contributed by atoms with E-state index in [1.165, 1.54) is 28.8 Å². The average Bonchev–Trinajstić information content (AvgIpc) is 2.93. The molecule has 0 unspecified atom stereocenters. The molecule has 0 radical (unpaired) electrons. The summed E-state index contributed by atoms with van der Waals surface area (Å²) in [4.78, 5) is 0. The number of hydrogen-bond donors (Lipinski definition) is 0. The molecule has 0 N–H and O–H groups in total. The molecule has 1 nitrogen and oxygen atoms in total. The SMILES string of the molecule is Fc1ccc(-c2cc(C(F)(F)F)cn2Cc2ccccc2)cc1. The first-order chi connectivity index (χ1) is 10.9. The van der Waals surface area contributed by atoms with Gasteiger partial charge >= 0.3 is 6.18 Å². The Hall–Kier alpha value is -2.56. The van der Waals surface area contributed by atoms with Gasteiger partial charge in [-0.25, -0.2) is 4.39 Å². The Bertz CT molecular complexity index is 786. The van der Waals surface area contributed by atoms with Crippen molar-refractivity contribution in [3.8, 4) is 11.3 Å². The molecule has 2 aromatic carbocycles. The lowest BCUT2D eigenvalue weighted by atomic mass is 10.1. The molecule has 0 spiro atoms. The lowest BCUT2D eigenvalue weighted by Crippen LogP contribution is -2.04. The van der Waals surface area contributed by atoms with E-state index in [4.69, 9.17) is 0 Å². The standard InChI is InChI=1S/C18H13F4N/c19-16-8-6-14(7-9-16)17-10-15(18(20,21)22)12-23(17)11-13-4-2-1-3-5-13/h1-10,12H,11H2. The molecule has 0 saturated carbocycles. The number of nitrogens with zero attached hydrogens (tertiary/aromatic N) is 1. The number of aromatic nitrogens is 1. The van der Waals surface area contributed by atoms with Gasteiger partial charge in [0, 0.05) is 18.4 Å². The van der Waals surface area contributed by atoms with E-state index in [9.17, 15) is 17.6 Å². The third-order valence-electron chi connectivity index (χ3n) is 3.56. The predicted octanol–water partition coefficient (Wildman–Crippen LogP) is 5.36. The Kier molecular flexibility index (Phi) is 3.94. The minimum Gasteiger partial charge on any atom is -0.342 e. The second-order valence-electron chi connectivity index (χ2n) is 5.23. The van der Waals surface area contributed by atoms with E-state index in [2.05, 4.69) is 0 Å². The highest BCUT2D eigenvalue weighted by Crippen LogP contribution is 2.34. The molecule has 23 heavy (non-hydrogen) atoms. The van der Waals surface area contributed by atoms with Crippen LogP contribution in [-0.2, 0) is 12.7 Å². The van der Waals surface area contributed by atoms with Gasteiger partial charge in [-0.15, -0.1) is 0 Å². The van der Waals surface area contributed by atoms with Gasteiger partial charge in [0.2, 0.25) is 0 Å². The molecule has 3 rings (SSSR count). The summed E-state index contributed by atoms with van der Waals surface area (Å²) < 4.78 is 53.7. The van der Waals surface area contributed by atoms with Crippen LogP contribution in [-0.4, -0.2) is 4.57 Å². The van der Waals surface area contributed by atoms with Gasteiger partial charge < -0.3 is 4.57 Å². The van der Waals surface area contributed by atoms with Crippen molar-refractivity contribution in [3.05, 3.63) is 83.8 Å². The molecule has 0 amide bonds. The van der Waals surface area contributed by atoms with Crippen molar-refractivity contribution in [1.29, 1.82) is 0 Å². The predicted molar refractivity (Wildman–Crippen MR) is 80.4 cm³/mol. The molecular formula is C18H13F4N. The summed E-state index contributed by atoms with van der Waals surface area (Å²) in [5.41, 5.74) is 1.12. The summed E-state index contributed by atoms with van der Waals surface area (Å²) in [5.74, 6) is -0.425. The molecular weight excluding hydrogens is 306 g/mol. The van der Waals surface area contributed by atoms with Crippen LogP contribution in [0.3, 0.4) is 0 Å². The molecule has 1 heterocycles. The van der Waals surface area contributed by atoms with Gasteiger partial charge in [-0.3, -0.25) is 0 Å². The van der Waals surface area contributed by atoms with Gasteiger partial charge in [0.05, 0.1) is 5.56 Å². The van der Waals surface area contributed by atoms with Crippen LogP contribution in [0.25, 0.3) is 11.3 Å². The fraction of sp³-hybridized carbons (Fsp3) is 0.111. The molecule has 0 atom stereocenters. The van der Waals surface area contributed by atoms with Gasteiger partial charge in [0.25, 0.3) is 0 Å². The quantitative estimate of drug-likeness (QED) is 0.573. The second kappa shape index (κ2) is 5.91. The van der Waals surface area contributed by atoms with Gasteiger partial charge in [-0.05, 0) is 41.5 Å². The van der Waals surface area contributed by atoms with Crippen LogP contribution in [0.4, 0.5) is 17.6 Å². The first-order valence-corrected chi connectivity index (χ1v) is 7.01. The van der Waals surface area contributed by atoms with Crippen LogP contribution >= 0.6 is 0 Å². The summed E-state index contributed by atoms with van der Waals surface area (Å²) in [6, 6.07) is 15.7. The molecule has 5 heteroatoms. The molecule has 0 fully saturated rings. The van der Waals surface area contributed by atoms with Crippen LogP contribution < -0.4 is 0 Å². The molecule has 118 valence electrons. The molecule has 0 bridgehead atoms. The zero-order valence-corrected chi connectivity index (χ0v) is 12.0. The van der Waals surface area contributed by atoms with Crippen molar-refractivity contribution in [1.82, 2.24) is 4.57 Å². The average molecular weight is 319 g/mol. The molecule has 0 aliphatic carbocycles. The van der Waals surface area contributed by atoms with E-state index in [1.54, 1.807) is 0 Å². The first kappa shape index (κ1) is 15.3. The van der Waals surface area contributed by atoms with E-state index < -0.39 is 17.6 Å². The summed E-state index contributed by atoms with van der Waals surface area (Å²) in [6.07, 6.45) is -3.33. The minimum atomic E-state index is -4.42. The summed E-state index contributed by atoms with van der Waals surface area (Å²) in [7, 11) is 0. The van der Waals surface area contributed by atoms with Crippen LogP contribution in [0.2, 0.25) is 0 Å². The van der Waals surface area contributed by atoms with Crippen LogP contribution in [0.5, 0.6) is 0 Å². The Balaban J connectivity index is 2.05. The highest BCUT2D eigenvalue weighted by atomic mass is 19.4. The van der Waals surface area contributed by atoms with Gasteiger partial charge in [0.1, 0.15) is 5.82 Å². The highest BCUT2D eigenvalue weighted by Gasteiger charge is 2.32. The summed E-state index contributed by atoms with van der Waals surface area (Å²) in [5, 5.41) is 0. The van der Waals surface area contributed by atoms with E-state index in [0.717, 1.165) is 17.8 Å². The van der Waals surface area contributed by atoms with Crippen molar-refractivity contribution >= 4 is 0 Å². The number of hydrogen-bond acceptors (Lipinski definition) is 0. The highest BCUT2D eigenvalue weighted by molar-refractivity contribution is 5.61. The Morgan fingerprint density at radius 2 is 1.52 bits per heavy atom. The minimum absolute atomic E-state index is 0.309. The fourth-order valence-corrected chi connectivity index (χ4v) is 2.44. The van der Waals surface area contributed by atoms with Gasteiger partial charge in [0.15, 0.2) is 0 Å². The number of rotatable bonds is 3. The van der Waals surface area contributed by atoms with E-state index in [0.29, 0.717) is 17.8 Å². The summed E-state index contributed by atoms with van der Waals surface area (Å²) >= 11 is 0. The smallest absolute Gasteiger partial charge is 0.342 e. The Morgan fingerprint density at radius 3 is 2.13 bits per heavy atom. The van der Waals surface area contributed by atoms with Crippen molar-refractivity contribution in [2.75, 3.05) is 0 Å². The molecule has 1 aromatic heterocycles. The number of benzene rings is 2. The first-order valence-electron chi connectivity index (χ1n) is 7.01. The normalized spacial score (nSPS) is 11.7. The molecule has 0 saturated heterocycles. The molecule has 0 aliphatic rings. The van der Waals surface area contributed by atoms with Crippen LogP contribution in [0, 0.1) is 5.82 Å². The Labute approximate surface area is 130 Å². The third-order valence-corrected chi connectivity index (χ3v) is 3.56. The monoisotopic (exact) mass is 319 g/mol. The van der Waals surface area contributed by atoms with Gasteiger partial charge in [-0.2, -0.15) is 13.2 Å². The van der Waals surface area contributed by atoms with Gasteiger partial charge in [-0.1, -0.05) is 30.3 Å². The molecule has 0 aliphatic heterocycles. The number of alkyl halides is 3. The maximum atomic E-state index is 13.1.